The molecule has 0 aliphatic heterocycles. The Kier molecular flexibility index (Phi) is 7.78. The van der Waals surface area contributed by atoms with Crippen molar-refractivity contribution >= 4 is 12.3 Å². The van der Waals surface area contributed by atoms with Crippen molar-refractivity contribution in [3.63, 3.8) is 0 Å². The molecule has 0 saturated carbocycles. The zero-order valence-electron chi connectivity index (χ0n) is 11.9. The average Bonchev–Trinajstić information content (AvgIpc) is 2.25. The van der Waals surface area contributed by atoms with Crippen LogP contribution in [0.4, 0.5) is 0 Å². The maximum absolute atomic E-state index is 12.0. The van der Waals surface area contributed by atoms with Gasteiger partial charge in [-0.15, -0.1) is 0 Å². The number of nitrogens with two attached hydrogens (primary N) is 1. The third-order valence-electron chi connectivity index (χ3n) is 2.31. The van der Waals surface area contributed by atoms with Gasteiger partial charge in [0, 0.05) is 0 Å². The maximum Gasteiger partial charge on any atom is 0.323 e. The van der Waals surface area contributed by atoms with Crippen LogP contribution >= 0.6 is 0 Å². The Morgan fingerprint density at radius 3 is 2.44 bits per heavy atom. The summed E-state index contributed by atoms with van der Waals surface area (Å²) < 4.78 is 5.33. The molecule has 5 nitrogen and oxygen atoms in total. The third kappa shape index (κ3) is 8.20. The molecule has 2 atom stereocenters. The van der Waals surface area contributed by atoms with E-state index >= 15 is 0 Å². The molecular formula is C13H26N2O3. The van der Waals surface area contributed by atoms with Gasteiger partial charge in [-0.1, -0.05) is 6.42 Å². The van der Waals surface area contributed by atoms with Gasteiger partial charge in [0.25, 0.3) is 0 Å². The lowest BCUT2D eigenvalue weighted by Crippen LogP contribution is -2.45. The predicted octanol–water partition coefficient (Wildman–Crippen LogP) is 1.00. The van der Waals surface area contributed by atoms with Crippen LogP contribution in [0.3, 0.4) is 0 Å². The molecule has 0 fully saturated rings. The number of esters is 1. The third-order valence-corrected chi connectivity index (χ3v) is 2.31. The van der Waals surface area contributed by atoms with Crippen LogP contribution in [0.15, 0.2) is 0 Å². The van der Waals surface area contributed by atoms with Crippen LogP contribution in [0.5, 0.6) is 0 Å². The highest BCUT2D eigenvalue weighted by atomic mass is 16.6. The Balaban J connectivity index is 4.43. The molecule has 0 radical (unpaired) electrons. The Morgan fingerprint density at radius 1 is 1.39 bits per heavy atom. The average molecular weight is 258 g/mol. The van der Waals surface area contributed by atoms with Crippen LogP contribution in [0.25, 0.3) is 0 Å². The van der Waals surface area contributed by atoms with E-state index in [9.17, 15) is 9.59 Å². The Bertz CT molecular complexity index is 261. The summed E-state index contributed by atoms with van der Waals surface area (Å²) in [6.45, 7) is 7.79. The van der Waals surface area contributed by atoms with Gasteiger partial charge in [0.15, 0.2) is 0 Å². The lowest BCUT2D eigenvalue weighted by molar-refractivity contribution is -0.157. The molecule has 0 aromatic carbocycles. The first-order valence-electron chi connectivity index (χ1n) is 6.44. The van der Waals surface area contributed by atoms with Gasteiger partial charge >= 0.3 is 5.97 Å². The molecule has 0 aliphatic carbocycles. The van der Waals surface area contributed by atoms with Crippen molar-refractivity contribution in [2.75, 3.05) is 6.54 Å². The van der Waals surface area contributed by atoms with Crippen LogP contribution in [0.1, 0.15) is 47.0 Å². The standard InChI is InChI=1S/C13H26N2O3/c1-10(9-16)15-11(7-5-6-8-14)12(17)18-13(2,3)4/h9-11,15H,5-8,14H2,1-4H3/t10-,11-/m0/s1. The van der Waals surface area contributed by atoms with E-state index < -0.39 is 11.6 Å². The number of hydrogen-bond donors (Lipinski definition) is 2. The van der Waals surface area contributed by atoms with Crippen molar-refractivity contribution in [3.05, 3.63) is 0 Å². The second-order valence-electron chi connectivity index (χ2n) is 5.46. The van der Waals surface area contributed by atoms with Gasteiger partial charge in [-0.2, -0.15) is 0 Å². The second kappa shape index (κ2) is 8.21. The zero-order valence-corrected chi connectivity index (χ0v) is 11.9. The summed E-state index contributed by atoms with van der Waals surface area (Å²) in [4.78, 5) is 22.6. The summed E-state index contributed by atoms with van der Waals surface area (Å²) in [6.07, 6.45) is 3.10. The van der Waals surface area contributed by atoms with Crippen molar-refractivity contribution in [2.24, 2.45) is 5.73 Å². The summed E-state index contributed by atoms with van der Waals surface area (Å²) in [5, 5.41) is 2.96. The van der Waals surface area contributed by atoms with E-state index in [0.29, 0.717) is 13.0 Å². The summed E-state index contributed by atoms with van der Waals surface area (Å²) >= 11 is 0. The number of unbranched alkanes of at least 4 members (excludes halogenated alkanes) is 1. The van der Waals surface area contributed by atoms with E-state index in [1.807, 2.05) is 20.8 Å². The monoisotopic (exact) mass is 258 g/mol. The molecule has 3 N–H and O–H groups in total. The molecule has 5 heteroatoms. The molecule has 0 rings (SSSR count). The number of carbonyl (C=O) groups excluding carboxylic acids is 2. The highest BCUT2D eigenvalue weighted by Gasteiger charge is 2.25. The summed E-state index contributed by atoms with van der Waals surface area (Å²) in [5.74, 6) is -0.312. The SMILES string of the molecule is C[C@@H](C=O)N[C@@H](CCCCN)C(=O)OC(C)(C)C. The fourth-order valence-electron chi connectivity index (χ4n) is 1.49. The number of aldehydes is 1. The Hall–Kier alpha value is -0.940. The van der Waals surface area contributed by atoms with Crippen LogP contribution in [0, 0.1) is 0 Å². The Labute approximate surface area is 109 Å². The number of rotatable bonds is 8. The first kappa shape index (κ1) is 17.1. The quantitative estimate of drug-likeness (QED) is 0.386. The molecule has 0 spiro atoms. The zero-order chi connectivity index (χ0) is 14.2. The maximum atomic E-state index is 12.0. The van der Waals surface area contributed by atoms with Crippen molar-refractivity contribution in [3.8, 4) is 0 Å². The molecule has 0 unspecified atom stereocenters. The lowest BCUT2D eigenvalue weighted by Gasteiger charge is -2.25. The highest BCUT2D eigenvalue weighted by molar-refractivity contribution is 5.76. The van der Waals surface area contributed by atoms with E-state index in [-0.39, 0.29) is 12.0 Å². The molecule has 0 aromatic heterocycles. The van der Waals surface area contributed by atoms with Crippen molar-refractivity contribution in [2.45, 2.75) is 64.6 Å². The van der Waals surface area contributed by atoms with Gasteiger partial charge < -0.3 is 15.3 Å². The van der Waals surface area contributed by atoms with E-state index in [1.165, 1.54) is 0 Å². The minimum Gasteiger partial charge on any atom is -0.459 e. The van der Waals surface area contributed by atoms with Crippen molar-refractivity contribution < 1.29 is 14.3 Å². The second-order valence-corrected chi connectivity index (χ2v) is 5.46. The first-order chi connectivity index (χ1) is 8.30. The number of nitrogens with one attached hydrogen (secondary N) is 1. The largest absolute Gasteiger partial charge is 0.459 e. The van der Waals surface area contributed by atoms with Gasteiger partial charge in [0.05, 0.1) is 6.04 Å². The molecule has 0 saturated heterocycles. The van der Waals surface area contributed by atoms with E-state index in [4.69, 9.17) is 10.5 Å². The molecule has 0 bridgehead atoms. The minimum absolute atomic E-state index is 0.312. The lowest BCUT2D eigenvalue weighted by atomic mass is 10.1. The number of ether oxygens (including phenoxy) is 1. The van der Waals surface area contributed by atoms with Crippen LogP contribution in [-0.4, -0.2) is 36.5 Å². The van der Waals surface area contributed by atoms with Gasteiger partial charge in [-0.25, -0.2) is 0 Å². The first-order valence-corrected chi connectivity index (χ1v) is 6.44. The smallest absolute Gasteiger partial charge is 0.323 e. The normalized spacial score (nSPS) is 14.9. The van der Waals surface area contributed by atoms with Crippen LogP contribution < -0.4 is 11.1 Å². The molecule has 0 aliphatic rings. The number of hydrogen-bond acceptors (Lipinski definition) is 5. The van der Waals surface area contributed by atoms with Crippen molar-refractivity contribution in [1.29, 1.82) is 0 Å². The molecule has 106 valence electrons. The summed E-state index contributed by atoms with van der Waals surface area (Å²) in [7, 11) is 0. The van der Waals surface area contributed by atoms with Gasteiger partial charge in [0.2, 0.25) is 0 Å². The van der Waals surface area contributed by atoms with Gasteiger partial charge in [0.1, 0.15) is 17.9 Å². The van der Waals surface area contributed by atoms with E-state index in [0.717, 1.165) is 19.1 Å². The fourth-order valence-corrected chi connectivity index (χ4v) is 1.49. The molecule has 0 heterocycles. The van der Waals surface area contributed by atoms with Gasteiger partial charge in [-0.3, -0.25) is 10.1 Å². The Morgan fingerprint density at radius 2 is 2.00 bits per heavy atom. The van der Waals surface area contributed by atoms with Crippen molar-refractivity contribution in [1.82, 2.24) is 5.32 Å². The molecule has 0 aromatic rings. The van der Waals surface area contributed by atoms with E-state index in [1.54, 1.807) is 6.92 Å². The highest BCUT2D eigenvalue weighted by Crippen LogP contribution is 2.11. The van der Waals surface area contributed by atoms with Crippen LogP contribution in [-0.2, 0) is 14.3 Å². The molecular weight excluding hydrogens is 232 g/mol. The minimum atomic E-state index is -0.519. The van der Waals surface area contributed by atoms with Crippen LogP contribution in [0.2, 0.25) is 0 Å². The number of carbonyl (C=O) groups is 2. The molecule has 18 heavy (non-hydrogen) atoms. The topological polar surface area (TPSA) is 81.4 Å². The van der Waals surface area contributed by atoms with Gasteiger partial charge in [-0.05, 0) is 47.1 Å². The summed E-state index contributed by atoms with van der Waals surface area (Å²) in [6, 6.07) is -0.809. The van der Waals surface area contributed by atoms with E-state index in [2.05, 4.69) is 5.32 Å². The summed E-state index contributed by atoms with van der Waals surface area (Å²) in [5.41, 5.74) is 4.91. The predicted molar refractivity (Wildman–Crippen MR) is 71.2 cm³/mol. The molecule has 0 amide bonds. The fraction of sp³-hybridized carbons (Fsp3) is 0.846.